The highest BCUT2D eigenvalue weighted by Crippen LogP contribution is 2.31. The van der Waals surface area contributed by atoms with E-state index in [9.17, 15) is 4.79 Å². The van der Waals surface area contributed by atoms with Crippen molar-refractivity contribution in [2.45, 2.75) is 33.6 Å². The Morgan fingerprint density at radius 1 is 1.25 bits per heavy atom. The van der Waals surface area contributed by atoms with Crippen LogP contribution in [0.15, 0.2) is 12.1 Å². The van der Waals surface area contributed by atoms with E-state index in [4.69, 9.17) is 0 Å². The summed E-state index contributed by atoms with van der Waals surface area (Å²) in [7, 11) is 0. The standard InChI is InChI=1S/C14H19NO/c1-8(2)13-7-15-14(16)12-6-10(4)9(3)5-11(12)13/h5-6,8,13H,7H2,1-4H3,(H,15,16). The lowest BCUT2D eigenvalue weighted by Gasteiger charge is -2.29. The summed E-state index contributed by atoms with van der Waals surface area (Å²) in [6.07, 6.45) is 0. The zero-order chi connectivity index (χ0) is 11.9. The van der Waals surface area contributed by atoms with Crippen LogP contribution in [0.4, 0.5) is 0 Å². The van der Waals surface area contributed by atoms with E-state index < -0.39 is 0 Å². The number of hydrogen-bond acceptors (Lipinski definition) is 1. The third-order valence-corrected chi connectivity index (χ3v) is 3.60. The summed E-state index contributed by atoms with van der Waals surface area (Å²) in [6.45, 7) is 9.36. The number of rotatable bonds is 1. The highest BCUT2D eigenvalue weighted by molar-refractivity contribution is 5.97. The second-order valence-electron chi connectivity index (χ2n) is 5.08. The van der Waals surface area contributed by atoms with E-state index in [1.54, 1.807) is 0 Å². The smallest absolute Gasteiger partial charge is 0.251 e. The average molecular weight is 217 g/mol. The van der Waals surface area contributed by atoms with Gasteiger partial charge >= 0.3 is 0 Å². The Bertz CT molecular complexity index is 435. The van der Waals surface area contributed by atoms with Crippen LogP contribution >= 0.6 is 0 Å². The Morgan fingerprint density at radius 3 is 2.50 bits per heavy atom. The van der Waals surface area contributed by atoms with Gasteiger partial charge in [0.1, 0.15) is 0 Å². The van der Waals surface area contributed by atoms with Crippen molar-refractivity contribution in [2.24, 2.45) is 5.92 Å². The molecule has 0 bridgehead atoms. The molecule has 1 atom stereocenters. The lowest BCUT2D eigenvalue weighted by molar-refractivity contribution is 0.0936. The van der Waals surface area contributed by atoms with Crippen LogP contribution in [-0.2, 0) is 0 Å². The van der Waals surface area contributed by atoms with Crippen molar-refractivity contribution in [2.75, 3.05) is 6.54 Å². The summed E-state index contributed by atoms with van der Waals surface area (Å²) >= 11 is 0. The maximum Gasteiger partial charge on any atom is 0.251 e. The number of hydrogen-bond donors (Lipinski definition) is 1. The van der Waals surface area contributed by atoms with Crippen molar-refractivity contribution in [3.63, 3.8) is 0 Å². The molecule has 0 aliphatic carbocycles. The van der Waals surface area contributed by atoms with Gasteiger partial charge in [0.15, 0.2) is 0 Å². The maximum atomic E-state index is 11.8. The Hall–Kier alpha value is -1.31. The number of aryl methyl sites for hydroxylation is 2. The molecule has 0 aromatic heterocycles. The second-order valence-corrected chi connectivity index (χ2v) is 5.08. The largest absolute Gasteiger partial charge is 0.351 e. The topological polar surface area (TPSA) is 29.1 Å². The molecule has 1 aromatic rings. The van der Waals surface area contributed by atoms with Crippen molar-refractivity contribution in [1.82, 2.24) is 5.32 Å². The molecule has 0 saturated carbocycles. The molecule has 86 valence electrons. The van der Waals surface area contributed by atoms with Crippen molar-refractivity contribution >= 4 is 5.91 Å². The van der Waals surface area contributed by atoms with Crippen molar-refractivity contribution in [1.29, 1.82) is 0 Å². The molecular weight excluding hydrogens is 198 g/mol. The van der Waals surface area contributed by atoms with Crippen LogP contribution in [-0.4, -0.2) is 12.5 Å². The highest BCUT2D eigenvalue weighted by atomic mass is 16.1. The van der Waals surface area contributed by atoms with Gasteiger partial charge in [-0.05, 0) is 42.5 Å². The van der Waals surface area contributed by atoms with Crippen molar-refractivity contribution in [3.8, 4) is 0 Å². The van der Waals surface area contributed by atoms with Gasteiger partial charge in [-0.3, -0.25) is 4.79 Å². The maximum absolute atomic E-state index is 11.8. The summed E-state index contributed by atoms with van der Waals surface area (Å²) in [5, 5.41) is 2.98. The minimum absolute atomic E-state index is 0.0787. The van der Waals surface area contributed by atoms with E-state index in [1.165, 1.54) is 16.7 Å². The molecule has 1 amide bonds. The molecule has 2 rings (SSSR count). The van der Waals surface area contributed by atoms with E-state index in [1.807, 2.05) is 6.07 Å². The summed E-state index contributed by atoms with van der Waals surface area (Å²) in [6, 6.07) is 4.21. The van der Waals surface area contributed by atoms with Crippen LogP contribution in [0.2, 0.25) is 0 Å². The Morgan fingerprint density at radius 2 is 1.88 bits per heavy atom. The molecule has 1 N–H and O–H groups in total. The van der Waals surface area contributed by atoms with E-state index in [2.05, 4.69) is 39.1 Å². The predicted molar refractivity (Wildman–Crippen MR) is 65.8 cm³/mol. The molecule has 1 heterocycles. The molecule has 0 radical (unpaired) electrons. The SMILES string of the molecule is Cc1cc2c(cc1C)C(C(C)C)CNC2=O. The van der Waals surface area contributed by atoms with Gasteiger partial charge in [-0.1, -0.05) is 19.9 Å². The van der Waals surface area contributed by atoms with Gasteiger partial charge in [0.05, 0.1) is 0 Å². The number of fused-ring (bicyclic) bond motifs is 1. The molecule has 1 aliphatic heterocycles. The van der Waals surface area contributed by atoms with E-state index >= 15 is 0 Å². The molecule has 0 saturated heterocycles. The van der Waals surface area contributed by atoms with E-state index in [0.29, 0.717) is 11.8 Å². The normalized spacial score (nSPS) is 19.6. The van der Waals surface area contributed by atoms with Crippen LogP contribution in [0.1, 0.15) is 46.8 Å². The Balaban J connectivity index is 2.57. The van der Waals surface area contributed by atoms with Crippen LogP contribution in [0, 0.1) is 19.8 Å². The van der Waals surface area contributed by atoms with Crippen LogP contribution in [0.5, 0.6) is 0 Å². The number of benzene rings is 1. The highest BCUT2D eigenvalue weighted by Gasteiger charge is 2.27. The minimum Gasteiger partial charge on any atom is -0.351 e. The van der Waals surface area contributed by atoms with Crippen molar-refractivity contribution < 1.29 is 4.79 Å². The first-order valence-corrected chi connectivity index (χ1v) is 5.90. The fourth-order valence-corrected chi connectivity index (χ4v) is 2.34. The monoisotopic (exact) mass is 217 g/mol. The number of amides is 1. The van der Waals surface area contributed by atoms with E-state index in [-0.39, 0.29) is 5.91 Å². The number of carbonyl (C=O) groups is 1. The van der Waals surface area contributed by atoms with Gasteiger partial charge in [0.25, 0.3) is 5.91 Å². The van der Waals surface area contributed by atoms with Gasteiger partial charge in [-0.2, -0.15) is 0 Å². The first kappa shape index (κ1) is 11.2. The number of nitrogens with one attached hydrogen (secondary N) is 1. The third-order valence-electron chi connectivity index (χ3n) is 3.60. The molecule has 16 heavy (non-hydrogen) atoms. The molecule has 1 aromatic carbocycles. The quantitative estimate of drug-likeness (QED) is 0.770. The lowest BCUT2D eigenvalue weighted by Crippen LogP contribution is -2.37. The first-order chi connectivity index (χ1) is 7.50. The zero-order valence-corrected chi connectivity index (χ0v) is 10.4. The van der Waals surface area contributed by atoms with Gasteiger partial charge < -0.3 is 5.32 Å². The zero-order valence-electron chi connectivity index (χ0n) is 10.4. The molecule has 1 unspecified atom stereocenters. The van der Waals surface area contributed by atoms with Gasteiger partial charge in [-0.15, -0.1) is 0 Å². The summed E-state index contributed by atoms with van der Waals surface area (Å²) < 4.78 is 0. The molecule has 2 heteroatoms. The number of carbonyl (C=O) groups excluding carboxylic acids is 1. The van der Waals surface area contributed by atoms with Gasteiger partial charge in [0.2, 0.25) is 0 Å². The van der Waals surface area contributed by atoms with Crippen molar-refractivity contribution in [3.05, 3.63) is 34.4 Å². The molecular formula is C14H19NO. The van der Waals surface area contributed by atoms with E-state index in [0.717, 1.165) is 12.1 Å². The van der Waals surface area contributed by atoms with Crippen LogP contribution < -0.4 is 5.32 Å². The molecule has 2 nitrogen and oxygen atoms in total. The summed E-state index contributed by atoms with van der Waals surface area (Å²) in [4.78, 5) is 11.8. The third kappa shape index (κ3) is 1.73. The summed E-state index contributed by atoms with van der Waals surface area (Å²) in [5.41, 5.74) is 4.56. The Kier molecular flexibility index (Phi) is 2.75. The fourth-order valence-electron chi connectivity index (χ4n) is 2.34. The first-order valence-electron chi connectivity index (χ1n) is 5.90. The molecule has 1 aliphatic rings. The second kappa shape index (κ2) is 3.93. The Labute approximate surface area is 97.1 Å². The average Bonchev–Trinajstić information content (AvgIpc) is 2.21. The molecule has 0 spiro atoms. The lowest BCUT2D eigenvalue weighted by atomic mass is 9.81. The molecule has 0 fully saturated rings. The fraction of sp³-hybridized carbons (Fsp3) is 0.500. The van der Waals surface area contributed by atoms with Crippen LogP contribution in [0.25, 0.3) is 0 Å². The summed E-state index contributed by atoms with van der Waals surface area (Å²) in [5.74, 6) is 1.09. The minimum atomic E-state index is 0.0787. The van der Waals surface area contributed by atoms with Crippen LogP contribution in [0.3, 0.4) is 0 Å². The van der Waals surface area contributed by atoms with Gasteiger partial charge in [-0.25, -0.2) is 0 Å². The van der Waals surface area contributed by atoms with Gasteiger partial charge in [0, 0.05) is 18.0 Å². The predicted octanol–water partition coefficient (Wildman–Crippen LogP) is 2.79.